The summed E-state index contributed by atoms with van der Waals surface area (Å²) in [4.78, 5) is 48.0. The van der Waals surface area contributed by atoms with Crippen molar-refractivity contribution >= 4 is 23.6 Å². The highest BCUT2D eigenvalue weighted by molar-refractivity contribution is 6.38. The number of rotatable bonds is 4. The second kappa shape index (κ2) is 7.04. The van der Waals surface area contributed by atoms with Gasteiger partial charge in [-0.15, -0.1) is 0 Å². The van der Waals surface area contributed by atoms with Crippen molar-refractivity contribution in [3.63, 3.8) is 0 Å². The molecule has 1 aromatic carbocycles. The molecule has 1 aliphatic heterocycles. The van der Waals surface area contributed by atoms with Crippen molar-refractivity contribution in [2.45, 2.75) is 26.0 Å². The summed E-state index contributed by atoms with van der Waals surface area (Å²) in [7, 11) is 0. The number of benzene rings is 1. The molecular weight excluding hydrogens is 302 g/mol. The van der Waals surface area contributed by atoms with Crippen molar-refractivity contribution in [1.29, 1.82) is 0 Å². The first-order chi connectivity index (χ1) is 10.9. The molecule has 122 valence electrons. The van der Waals surface area contributed by atoms with Gasteiger partial charge in [0, 0.05) is 19.0 Å². The molecule has 1 amide bonds. The number of piperidine rings is 1. The zero-order valence-electron chi connectivity index (χ0n) is 12.6. The molecule has 1 aliphatic rings. The number of esters is 1. The van der Waals surface area contributed by atoms with Gasteiger partial charge < -0.3 is 14.7 Å². The Labute approximate surface area is 132 Å². The van der Waals surface area contributed by atoms with E-state index in [1.807, 2.05) is 0 Å². The lowest BCUT2D eigenvalue weighted by atomic mass is 9.89. The fourth-order valence-corrected chi connectivity index (χ4v) is 2.45. The van der Waals surface area contributed by atoms with E-state index in [1.54, 1.807) is 37.3 Å². The van der Waals surface area contributed by atoms with Crippen LogP contribution in [0, 0.1) is 5.92 Å². The van der Waals surface area contributed by atoms with E-state index in [1.165, 1.54) is 0 Å². The van der Waals surface area contributed by atoms with Crippen LogP contribution in [-0.4, -0.2) is 46.2 Å². The lowest BCUT2D eigenvalue weighted by Crippen LogP contribution is -2.52. The summed E-state index contributed by atoms with van der Waals surface area (Å²) in [5, 5.41) is 9.07. The number of hydrogen-bond acceptors (Lipinski definition) is 5. The molecule has 1 saturated heterocycles. The molecule has 0 aromatic heterocycles. The summed E-state index contributed by atoms with van der Waals surface area (Å²) in [5.41, 5.74) is 0.712. The molecule has 0 radical (unpaired) electrons. The van der Waals surface area contributed by atoms with Crippen molar-refractivity contribution in [2.24, 2.45) is 5.92 Å². The molecule has 0 spiro atoms. The van der Waals surface area contributed by atoms with Crippen molar-refractivity contribution in [3.05, 3.63) is 35.9 Å². The zero-order chi connectivity index (χ0) is 17.0. The highest BCUT2D eigenvalue weighted by Gasteiger charge is 2.41. The Kier molecular flexibility index (Phi) is 5.10. The summed E-state index contributed by atoms with van der Waals surface area (Å²) < 4.78 is 4.91. The van der Waals surface area contributed by atoms with Crippen LogP contribution in [0.5, 0.6) is 0 Å². The van der Waals surface area contributed by atoms with Crippen molar-refractivity contribution in [2.75, 3.05) is 6.54 Å². The number of Topliss-reactive ketones (excluding diaryl/α,β-unsaturated/α-hetero) is 2. The van der Waals surface area contributed by atoms with Gasteiger partial charge in [-0.05, 0) is 12.5 Å². The maximum Gasteiger partial charge on any atom is 0.407 e. The van der Waals surface area contributed by atoms with E-state index < -0.39 is 35.6 Å². The molecule has 1 aromatic rings. The summed E-state index contributed by atoms with van der Waals surface area (Å²) in [6, 6.07) is 8.29. The smallest absolute Gasteiger partial charge is 0.407 e. The SMILES string of the molecule is CC1CC(=O)C(C(=O)C(=O)OCc2ccccc2)CN1C(=O)O. The van der Waals surface area contributed by atoms with Gasteiger partial charge in [0.05, 0.1) is 0 Å². The predicted molar refractivity (Wildman–Crippen MR) is 78.6 cm³/mol. The van der Waals surface area contributed by atoms with Gasteiger partial charge in [0.2, 0.25) is 0 Å². The van der Waals surface area contributed by atoms with Crippen molar-refractivity contribution < 1.29 is 29.0 Å². The molecule has 1 fully saturated rings. The second-order valence-corrected chi connectivity index (χ2v) is 5.43. The molecule has 0 bridgehead atoms. The van der Waals surface area contributed by atoms with Gasteiger partial charge >= 0.3 is 12.1 Å². The first-order valence-electron chi connectivity index (χ1n) is 7.17. The lowest BCUT2D eigenvalue weighted by molar-refractivity contribution is -0.159. The minimum absolute atomic E-state index is 0.0780. The van der Waals surface area contributed by atoms with Gasteiger partial charge in [-0.1, -0.05) is 30.3 Å². The van der Waals surface area contributed by atoms with Crippen molar-refractivity contribution in [3.8, 4) is 0 Å². The number of hydrogen-bond donors (Lipinski definition) is 1. The first-order valence-corrected chi connectivity index (χ1v) is 7.17. The number of carboxylic acid groups (broad SMARTS) is 1. The highest BCUT2D eigenvalue weighted by atomic mass is 16.5. The van der Waals surface area contributed by atoms with E-state index >= 15 is 0 Å². The van der Waals surface area contributed by atoms with E-state index in [2.05, 4.69) is 0 Å². The molecule has 1 N–H and O–H groups in total. The number of ether oxygens (including phenoxy) is 1. The van der Waals surface area contributed by atoms with E-state index in [9.17, 15) is 19.2 Å². The minimum Gasteiger partial charge on any atom is -0.465 e. The molecular formula is C16H17NO6. The Hall–Kier alpha value is -2.70. The normalized spacial score (nSPS) is 20.9. The van der Waals surface area contributed by atoms with Crippen LogP contribution in [0.25, 0.3) is 0 Å². The van der Waals surface area contributed by atoms with Gasteiger partial charge in [-0.2, -0.15) is 0 Å². The fraction of sp³-hybridized carbons (Fsp3) is 0.375. The van der Waals surface area contributed by atoms with E-state index in [4.69, 9.17) is 9.84 Å². The van der Waals surface area contributed by atoms with Gasteiger partial charge in [-0.3, -0.25) is 9.59 Å². The number of amides is 1. The standard InChI is InChI=1S/C16H17NO6/c1-10-7-13(18)12(8-17(10)16(21)22)14(19)15(20)23-9-11-5-3-2-4-6-11/h2-6,10,12H,7-9H2,1H3,(H,21,22). The Bertz CT molecular complexity index is 627. The van der Waals surface area contributed by atoms with E-state index in [0.29, 0.717) is 5.56 Å². The minimum atomic E-state index is -1.29. The van der Waals surface area contributed by atoms with E-state index in [0.717, 1.165) is 4.90 Å². The Morgan fingerprint density at radius 3 is 2.52 bits per heavy atom. The summed E-state index contributed by atoms with van der Waals surface area (Å²) in [6.45, 7) is 1.19. The molecule has 7 heteroatoms. The van der Waals surface area contributed by atoms with Gasteiger partial charge in [0.1, 0.15) is 18.3 Å². The Morgan fingerprint density at radius 1 is 1.26 bits per heavy atom. The number of carbonyl (C=O) groups is 4. The monoisotopic (exact) mass is 319 g/mol. The second-order valence-electron chi connectivity index (χ2n) is 5.43. The van der Waals surface area contributed by atoms with Crippen LogP contribution in [0.2, 0.25) is 0 Å². The molecule has 2 atom stereocenters. The van der Waals surface area contributed by atoms with E-state index in [-0.39, 0.29) is 19.6 Å². The lowest BCUT2D eigenvalue weighted by Gasteiger charge is -2.33. The summed E-state index contributed by atoms with van der Waals surface area (Å²) in [6.07, 6.45) is -1.31. The maximum absolute atomic E-state index is 12.1. The van der Waals surface area contributed by atoms with Crippen LogP contribution in [0.15, 0.2) is 30.3 Å². The third kappa shape index (κ3) is 3.94. The zero-order valence-corrected chi connectivity index (χ0v) is 12.6. The molecule has 1 heterocycles. The molecule has 0 aliphatic carbocycles. The summed E-state index contributed by atoms with van der Waals surface area (Å²) in [5.74, 6) is -3.83. The van der Waals surface area contributed by atoms with Crippen molar-refractivity contribution in [1.82, 2.24) is 4.90 Å². The third-order valence-electron chi connectivity index (χ3n) is 3.77. The maximum atomic E-state index is 12.1. The first kappa shape index (κ1) is 16.7. The number of likely N-dealkylation sites (tertiary alicyclic amines) is 1. The average Bonchev–Trinajstić information content (AvgIpc) is 2.52. The van der Waals surface area contributed by atoms with Crippen LogP contribution >= 0.6 is 0 Å². The number of carbonyl (C=O) groups excluding carboxylic acids is 3. The fourth-order valence-electron chi connectivity index (χ4n) is 2.45. The Morgan fingerprint density at radius 2 is 1.91 bits per heavy atom. The van der Waals surface area contributed by atoms with Gasteiger partial charge in [-0.25, -0.2) is 9.59 Å². The van der Waals surface area contributed by atoms with Gasteiger partial charge in [0.15, 0.2) is 0 Å². The average molecular weight is 319 g/mol. The molecule has 7 nitrogen and oxygen atoms in total. The molecule has 2 rings (SSSR count). The predicted octanol–water partition coefficient (Wildman–Crippen LogP) is 1.26. The third-order valence-corrected chi connectivity index (χ3v) is 3.77. The molecule has 23 heavy (non-hydrogen) atoms. The molecule has 0 saturated carbocycles. The van der Waals surface area contributed by atoms with Crippen LogP contribution in [0.3, 0.4) is 0 Å². The highest BCUT2D eigenvalue weighted by Crippen LogP contribution is 2.20. The van der Waals surface area contributed by atoms with Gasteiger partial charge in [0.25, 0.3) is 5.78 Å². The molecule has 2 unspecified atom stereocenters. The largest absolute Gasteiger partial charge is 0.465 e. The van der Waals surface area contributed by atoms with Crippen LogP contribution in [0.1, 0.15) is 18.9 Å². The summed E-state index contributed by atoms with van der Waals surface area (Å²) >= 11 is 0. The quantitative estimate of drug-likeness (QED) is 0.509. The Balaban J connectivity index is 1.99. The number of nitrogens with zero attached hydrogens (tertiary/aromatic N) is 1. The van der Waals surface area contributed by atoms with Crippen LogP contribution in [-0.2, 0) is 25.7 Å². The van der Waals surface area contributed by atoms with Crippen LogP contribution < -0.4 is 0 Å². The topological polar surface area (TPSA) is 101 Å². The van der Waals surface area contributed by atoms with Crippen LogP contribution in [0.4, 0.5) is 4.79 Å². The number of ketones is 2.